The van der Waals surface area contributed by atoms with Crippen LogP contribution in [0.15, 0.2) is 47.0 Å². The van der Waals surface area contributed by atoms with Gasteiger partial charge in [-0.1, -0.05) is 17.7 Å². The van der Waals surface area contributed by atoms with Gasteiger partial charge in [-0.25, -0.2) is 4.98 Å². The minimum atomic E-state index is 0.188. The van der Waals surface area contributed by atoms with Gasteiger partial charge in [0, 0.05) is 35.4 Å². The smallest absolute Gasteiger partial charge is 0.230 e. The molecule has 0 radical (unpaired) electrons. The molecule has 2 N–H and O–H groups in total. The molecule has 3 aromatic rings. The number of halogens is 1. The molecule has 0 saturated heterocycles. The zero-order valence-corrected chi connectivity index (χ0v) is 17.8. The molecule has 0 spiro atoms. The first-order chi connectivity index (χ1) is 14.6. The molecule has 1 aliphatic rings. The molecule has 1 fully saturated rings. The van der Waals surface area contributed by atoms with E-state index >= 15 is 0 Å². The molecule has 1 saturated carbocycles. The molecule has 1 aliphatic carbocycles. The van der Waals surface area contributed by atoms with Crippen LogP contribution in [0.5, 0.6) is 5.88 Å². The molecular weight excluding hydrogens is 402 g/mol. The number of aromatic nitrogens is 3. The molecule has 158 valence electrons. The largest absolute Gasteiger partial charge is 0.474 e. The quantitative estimate of drug-likeness (QED) is 0.557. The van der Waals surface area contributed by atoms with Gasteiger partial charge in [0.1, 0.15) is 6.10 Å². The van der Waals surface area contributed by atoms with Crippen LogP contribution in [0.3, 0.4) is 0 Å². The Hall–Kier alpha value is -2.64. The summed E-state index contributed by atoms with van der Waals surface area (Å²) in [6, 6.07) is 11.2. The zero-order chi connectivity index (χ0) is 20.9. The number of nitrogens with zero attached hydrogens (tertiary/aromatic N) is 4. The number of hydrogen-bond donors (Lipinski definition) is 1. The Labute approximate surface area is 181 Å². The van der Waals surface area contributed by atoms with Gasteiger partial charge < -0.3 is 14.9 Å². The fraction of sp³-hybridized carbons (Fsp3) is 0.409. The summed E-state index contributed by atoms with van der Waals surface area (Å²) < 4.78 is 11.9. The summed E-state index contributed by atoms with van der Waals surface area (Å²) in [4.78, 5) is 6.32. The maximum absolute atomic E-state index is 6.08. The molecule has 0 atom stereocenters. The van der Waals surface area contributed by atoms with E-state index in [1.165, 1.54) is 0 Å². The van der Waals surface area contributed by atoms with Crippen molar-refractivity contribution in [1.29, 1.82) is 0 Å². The number of benzene rings is 1. The Morgan fingerprint density at radius 2 is 1.97 bits per heavy atom. The zero-order valence-electron chi connectivity index (χ0n) is 17.0. The van der Waals surface area contributed by atoms with Gasteiger partial charge in [0.15, 0.2) is 0 Å². The van der Waals surface area contributed by atoms with Gasteiger partial charge in [-0.3, -0.25) is 4.90 Å². The number of hydrogen-bond acceptors (Lipinski definition) is 7. The van der Waals surface area contributed by atoms with E-state index < -0.39 is 0 Å². The lowest BCUT2D eigenvalue weighted by molar-refractivity contribution is 0.135. The molecule has 4 rings (SSSR count). The van der Waals surface area contributed by atoms with Crippen molar-refractivity contribution in [3.05, 3.63) is 65.0 Å². The molecular formula is C22H26ClN5O2. The van der Waals surface area contributed by atoms with Gasteiger partial charge in [0.25, 0.3) is 0 Å². The van der Waals surface area contributed by atoms with Gasteiger partial charge in [0.2, 0.25) is 17.7 Å². The van der Waals surface area contributed by atoms with E-state index in [9.17, 15) is 0 Å². The number of anilines is 1. The predicted octanol–water partition coefficient (Wildman–Crippen LogP) is 4.44. The monoisotopic (exact) mass is 427 g/mol. The van der Waals surface area contributed by atoms with Gasteiger partial charge in [-0.15, -0.1) is 10.2 Å². The van der Waals surface area contributed by atoms with Crippen LogP contribution < -0.4 is 10.5 Å². The molecule has 7 nitrogen and oxygen atoms in total. The molecule has 0 aliphatic heterocycles. The number of pyridine rings is 1. The summed E-state index contributed by atoms with van der Waals surface area (Å²) in [7, 11) is 1.99. The third kappa shape index (κ3) is 5.29. The Bertz CT molecular complexity index is 957. The Kier molecular flexibility index (Phi) is 6.50. The van der Waals surface area contributed by atoms with Crippen LogP contribution in [0.25, 0.3) is 0 Å². The van der Waals surface area contributed by atoms with Crippen LogP contribution in [0.2, 0.25) is 5.02 Å². The summed E-state index contributed by atoms with van der Waals surface area (Å²) in [6.07, 6.45) is 5.77. The van der Waals surface area contributed by atoms with Crippen LogP contribution >= 0.6 is 11.6 Å². The van der Waals surface area contributed by atoms with Crippen molar-refractivity contribution in [1.82, 2.24) is 20.1 Å². The van der Waals surface area contributed by atoms with Gasteiger partial charge in [-0.2, -0.15) is 0 Å². The Balaban J connectivity index is 1.28. The second-order valence-corrected chi connectivity index (χ2v) is 8.25. The van der Waals surface area contributed by atoms with Crippen molar-refractivity contribution >= 4 is 17.3 Å². The van der Waals surface area contributed by atoms with Crippen molar-refractivity contribution in [3.63, 3.8) is 0 Å². The van der Waals surface area contributed by atoms with Crippen molar-refractivity contribution < 1.29 is 9.15 Å². The molecule has 0 amide bonds. The molecule has 0 unspecified atom stereocenters. The van der Waals surface area contributed by atoms with E-state index in [1.807, 2.05) is 37.4 Å². The topological polar surface area (TPSA) is 90.3 Å². The summed E-state index contributed by atoms with van der Waals surface area (Å²) in [5.74, 6) is 2.30. The normalized spacial score (nSPS) is 19.2. The van der Waals surface area contributed by atoms with Crippen LogP contribution in [0, 0.1) is 0 Å². The standard InChI is InChI=1S/C22H26ClN5O2/c1-28(13-16-12-17(23)7-10-19(16)24)14-21-26-27-22(30-21)15-5-8-18(9-6-15)29-20-4-2-3-11-25-20/h2-4,7,10-12,15,18H,5-6,8-9,13-14,24H2,1H3. The van der Waals surface area contributed by atoms with Gasteiger partial charge >= 0.3 is 0 Å². The van der Waals surface area contributed by atoms with E-state index in [4.69, 9.17) is 26.5 Å². The number of nitrogen functional groups attached to an aromatic ring is 1. The maximum atomic E-state index is 6.08. The van der Waals surface area contributed by atoms with E-state index in [0.717, 1.165) is 42.8 Å². The lowest BCUT2D eigenvalue weighted by Crippen LogP contribution is -2.23. The van der Waals surface area contributed by atoms with Gasteiger partial charge in [-0.05, 0) is 62.6 Å². The highest BCUT2D eigenvalue weighted by molar-refractivity contribution is 6.30. The van der Waals surface area contributed by atoms with E-state index in [1.54, 1.807) is 12.3 Å². The van der Waals surface area contributed by atoms with Crippen LogP contribution in [0.1, 0.15) is 48.9 Å². The highest BCUT2D eigenvalue weighted by Gasteiger charge is 2.27. The van der Waals surface area contributed by atoms with E-state index in [-0.39, 0.29) is 12.0 Å². The van der Waals surface area contributed by atoms with Crippen LogP contribution in [0.4, 0.5) is 5.69 Å². The minimum Gasteiger partial charge on any atom is -0.474 e. The predicted molar refractivity (Wildman–Crippen MR) is 115 cm³/mol. The first kappa shape index (κ1) is 20.6. The van der Waals surface area contributed by atoms with Crippen molar-refractivity contribution in [2.75, 3.05) is 12.8 Å². The third-order valence-corrected chi connectivity index (χ3v) is 5.62. The minimum absolute atomic E-state index is 0.188. The number of ether oxygens (including phenoxy) is 1. The molecule has 30 heavy (non-hydrogen) atoms. The third-order valence-electron chi connectivity index (χ3n) is 5.38. The highest BCUT2D eigenvalue weighted by Crippen LogP contribution is 2.33. The SMILES string of the molecule is CN(Cc1nnc(C2CCC(Oc3ccccn3)CC2)o1)Cc1cc(Cl)ccc1N. The lowest BCUT2D eigenvalue weighted by atomic mass is 9.87. The lowest BCUT2D eigenvalue weighted by Gasteiger charge is -2.26. The van der Waals surface area contributed by atoms with Crippen molar-refractivity contribution in [2.45, 2.75) is 50.8 Å². The molecule has 8 heteroatoms. The molecule has 1 aromatic carbocycles. The molecule has 2 aromatic heterocycles. The van der Waals surface area contributed by atoms with Gasteiger partial charge in [0.05, 0.1) is 6.54 Å². The summed E-state index contributed by atoms with van der Waals surface area (Å²) in [5, 5.41) is 9.22. The summed E-state index contributed by atoms with van der Waals surface area (Å²) >= 11 is 6.08. The fourth-order valence-corrected chi connectivity index (χ4v) is 3.99. The summed E-state index contributed by atoms with van der Waals surface area (Å²) in [5.41, 5.74) is 7.75. The molecule has 0 bridgehead atoms. The second kappa shape index (κ2) is 9.45. The fourth-order valence-electron chi connectivity index (χ4n) is 3.80. The average molecular weight is 428 g/mol. The highest BCUT2D eigenvalue weighted by atomic mass is 35.5. The first-order valence-corrected chi connectivity index (χ1v) is 10.6. The second-order valence-electron chi connectivity index (χ2n) is 7.81. The number of rotatable bonds is 7. The Morgan fingerprint density at radius 1 is 1.13 bits per heavy atom. The average Bonchev–Trinajstić information content (AvgIpc) is 3.20. The summed E-state index contributed by atoms with van der Waals surface area (Å²) in [6.45, 7) is 1.21. The maximum Gasteiger partial charge on any atom is 0.230 e. The van der Waals surface area contributed by atoms with Crippen molar-refractivity contribution in [2.24, 2.45) is 0 Å². The number of nitrogens with two attached hydrogens (primary N) is 1. The van der Waals surface area contributed by atoms with Crippen LogP contribution in [-0.2, 0) is 13.1 Å². The Morgan fingerprint density at radius 3 is 2.73 bits per heavy atom. The first-order valence-electron chi connectivity index (χ1n) is 10.2. The van der Waals surface area contributed by atoms with Crippen LogP contribution in [-0.4, -0.2) is 33.2 Å². The van der Waals surface area contributed by atoms with E-state index in [0.29, 0.717) is 29.9 Å². The van der Waals surface area contributed by atoms with E-state index in [2.05, 4.69) is 20.1 Å². The molecule has 2 heterocycles. The van der Waals surface area contributed by atoms with Crippen molar-refractivity contribution in [3.8, 4) is 5.88 Å².